The molecular weight excluding hydrogens is 234 g/mol. The van der Waals surface area contributed by atoms with Crippen molar-refractivity contribution in [2.45, 2.75) is 33.1 Å². The molecule has 0 aromatic heterocycles. The smallest absolute Gasteiger partial charge is 0.119 e. The minimum Gasteiger partial charge on any atom is -0.494 e. The lowest BCUT2D eigenvalue weighted by molar-refractivity contribution is -0.912. The van der Waals surface area contributed by atoms with Crippen molar-refractivity contribution in [2.24, 2.45) is 11.8 Å². The monoisotopic (exact) mass is 262 g/mol. The fourth-order valence-corrected chi connectivity index (χ4v) is 3.31. The number of ether oxygens (including phenoxy) is 1. The van der Waals surface area contributed by atoms with Crippen LogP contribution in [-0.2, 0) is 0 Å². The third kappa shape index (κ3) is 5.23. The molecule has 0 amide bonds. The van der Waals surface area contributed by atoms with Gasteiger partial charge in [0.1, 0.15) is 5.75 Å². The van der Waals surface area contributed by atoms with Crippen LogP contribution in [0.2, 0.25) is 0 Å². The fraction of sp³-hybridized carbons (Fsp3) is 0.647. The Bertz CT molecular complexity index is 342. The van der Waals surface area contributed by atoms with E-state index in [1.807, 2.05) is 30.3 Å². The highest BCUT2D eigenvalue weighted by atomic mass is 16.5. The van der Waals surface area contributed by atoms with Crippen molar-refractivity contribution in [1.82, 2.24) is 0 Å². The van der Waals surface area contributed by atoms with Crippen LogP contribution in [0.15, 0.2) is 30.3 Å². The topological polar surface area (TPSA) is 13.7 Å². The van der Waals surface area contributed by atoms with Crippen LogP contribution in [0.5, 0.6) is 5.75 Å². The Morgan fingerprint density at radius 2 is 1.74 bits per heavy atom. The Morgan fingerprint density at radius 3 is 2.42 bits per heavy atom. The van der Waals surface area contributed by atoms with Crippen LogP contribution in [0.4, 0.5) is 0 Å². The molecule has 1 fully saturated rings. The molecule has 0 spiro atoms. The number of hydrogen-bond acceptors (Lipinski definition) is 1. The van der Waals surface area contributed by atoms with Crippen molar-refractivity contribution >= 4 is 0 Å². The average molecular weight is 262 g/mol. The lowest BCUT2D eigenvalue weighted by Crippen LogP contribution is -3.14. The molecule has 3 atom stereocenters. The molecule has 1 aromatic rings. The van der Waals surface area contributed by atoms with Gasteiger partial charge in [0, 0.05) is 11.8 Å². The highest BCUT2D eigenvalue weighted by molar-refractivity contribution is 5.20. The highest BCUT2D eigenvalue weighted by Gasteiger charge is 2.24. The third-order valence-corrected chi connectivity index (χ3v) is 4.02. The van der Waals surface area contributed by atoms with E-state index in [0.29, 0.717) is 0 Å². The first-order valence-corrected chi connectivity index (χ1v) is 7.75. The summed E-state index contributed by atoms with van der Waals surface area (Å²) in [7, 11) is 0. The van der Waals surface area contributed by atoms with Crippen molar-refractivity contribution in [3.8, 4) is 5.75 Å². The summed E-state index contributed by atoms with van der Waals surface area (Å²) in [6.07, 6.45) is 3.86. The molecule has 1 N–H and O–H groups in total. The summed E-state index contributed by atoms with van der Waals surface area (Å²) >= 11 is 0. The zero-order valence-corrected chi connectivity index (χ0v) is 12.4. The van der Waals surface area contributed by atoms with E-state index >= 15 is 0 Å². The van der Waals surface area contributed by atoms with Gasteiger partial charge in [-0.05, 0) is 31.4 Å². The van der Waals surface area contributed by atoms with E-state index < -0.39 is 0 Å². The van der Waals surface area contributed by atoms with Gasteiger partial charge in [0.2, 0.25) is 0 Å². The van der Waals surface area contributed by atoms with Gasteiger partial charge in [0.25, 0.3) is 0 Å². The van der Waals surface area contributed by atoms with Gasteiger partial charge < -0.3 is 9.64 Å². The summed E-state index contributed by atoms with van der Waals surface area (Å²) in [6, 6.07) is 10.1. The van der Waals surface area contributed by atoms with E-state index in [1.165, 1.54) is 38.9 Å². The average Bonchev–Trinajstić information content (AvgIpc) is 2.38. The maximum Gasteiger partial charge on any atom is 0.119 e. The minimum atomic E-state index is 0.850. The van der Waals surface area contributed by atoms with Gasteiger partial charge in [0.05, 0.1) is 26.2 Å². The van der Waals surface area contributed by atoms with Gasteiger partial charge in [-0.3, -0.25) is 0 Å². The van der Waals surface area contributed by atoms with Crippen LogP contribution in [0.1, 0.15) is 33.1 Å². The summed E-state index contributed by atoms with van der Waals surface area (Å²) in [6.45, 7) is 9.69. The van der Waals surface area contributed by atoms with Crippen molar-refractivity contribution in [1.29, 1.82) is 0 Å². The van der Waals surface area contributed by atoms with Crippen molar-refractivity contribution < 1.29 is 9.64 Å². The molecule has 1 aliphatic rings. The number of hydrogen-bond donors (Lipinski definition) is 1. The molecule has 2 rings (SSSR count). The molecule has 1 aromatic carbocycles. The normalized spacial score (nSPS) is 27.2. The van der Waals surface area contributed by atoms with Gasteiger partial charge in [0.15, 0.2) is 0 Å². The standard InChI is InChI=1S/C17H27NO/c1-15-12-16(2)14-18(13-15)10-6-7-11-19-17-8-4-3-5-9-17/h3-5,8-9,15-16H,6-7,10-14H2,1-2H3/p+1/t15-,16+. The first-order valence-electron chi connectivity index (χ1n) is 7.75. The van der Waals surface area contributed by atoms with E-state index in [2.05, 4.69) is 13.8 Å². The molecule has 1 unspecified atom stereocenters. The maximum atomic E-state index is 5.73. The number of rotatable bonds is 6. The second kappa shape index (κ2) is 7.54. The Hall–Kier alpha value is -1.02. The maximum absolute atomic E-state index is 5.73. The summed E-state index contributed by atoms with van der Waals surface area (Å²) < 4.78 is 5.73. The van der Waals surface area contributed by atoms with Crippen molar-refractivity contribution in [3.05, 3.63) is 30.3 Å². The molecule has 0 saturated carbocycles. The minimum absolute atomic E-state index is 0.850. The summed E-state index contributed by atoms with van der Waals surface area (Å²) in [5, 5.41) is 0. The molecule has 2 nitrogen and oxygen atoms in total. The lowest BCUT2D eigenvalue weighted by atomic mass is 9.92. The van der Waals surface area contributed by atoms with Gasteiger partial charge in [-0.1, -0.05) is 32.0 Å². The van der Waals surface area contributed by atoms with Gasteiger partial charge >= 0.3 is 0 Å². The molecule has 0 bridgehead atoms. The lowest BCUT2D eigenvalue weighted by Gasteiger charge is -2.32. The molecule has 1 saturated heterocycles. The van der Waals surface area contributed by atoms with Gasteiger partial charge in [-0.25, -0.2) is 0 Å². The number of benzene rings is 1. The Morgan fingerprint density at radius 1 is 1.05 bits per heavy atom. The van der Waals surface area contributed by atoms with E-state index in [-0.39, 0.29) is 0 Å². The summed E-state index contributed by atoms with van der Waals surface area (Å²) in [4.78, 5) is 1.80. The Balaban J connectivity index is 1.57. The van der Waals surface area contributed by atoms with Crippen LogP contribution >= 0.6 is 0 Å². The molecule has 106 valence electrons. The molecule has 0 radical (unpaired) electrons. The Kier molecular flexibility index (Phi) is 5.71. The van der Waals surface area contributed by atoms with E-state index in [4.69, 9.17) is 4.74 Å². The van der Waals surface area contributed by atoms with Crippen molar-refractivity contribution in [2.75, 3.05) is 26.2 Å². The molecule has 2 heteroatoms. The number of para-hydroxylation sites is 1. The van der Waals surface area contributed by atoms with Crippen LogP contribution in [-0.4, -0.2) is 26.2 Å². The summed E-state index contributed by atoms with van der Waals surface area (Å²) in [5.41, 5.74) is 0. The number of nitrogens with one attached hydrogen (secondary N) is 1. The quantitative estimate of drug-likeness (QED) is 0.777. The molecule has 1 aliphatic heterocycles. The first-order chi connectivity index (χ1) is 9.24. The predicted molar refractivity (Wildman–Crippen MR) is 79.7 cm³/mol. The molecular formula is C17H28NO+. The number of likely N-dealkylation sites (tertiary alicyclic amines) is 1. The van der Waals surface area contributed by atoms with E-state index in [1.54, 1.807) is 4.90 Å². The highest BCUT2D eigenvalue weighted by Crippen LogP contribution is 2.12. The van der Waals surface area contributed by atoms with E-state index in [0.717, 1.165) is 24.2 Å². The second-order valence-electron chi connectivity index (χ2n) is 6.22. The second-order valence-corrected chi connectivity index (χ2v) is 6.22. The van der Waals surface area contributed by atoms with Gasteiger partial charge in [-0.2, -0.15) is 0 Å². The number of piperidine rings is 1. The zero-order chi connectivity index (χ0) is 13.5. The van der Waals surface area contributed by atoms with Crippen LogP contribution in [0.25, 0.3) is 0 Å². The predicted octanol–water partition coefficient (Wildman–Crippen LogP) is 2.41. The molecule has 19 heavy (non-hydrogen) atoms. The third-order valence-electron chi connectivity index (χ3n) is 4.02. The van der Waals surface area contributed by atoms with Gasteiger partial charge in [-0.15, -0.1) is 0 Å². The molecule has 1 heterocycles. The first kappa shape index (κ1) is 14.4. The SMILES string of the molecule is C[C@@H]1C[C@H](C)C[NH+](CCCCOc2ccccc2)C1. The number of quaternary nitrogens is 1. The van der Waals surface area contributed by atoms with Crippen molar-refractivity contribution in [3.63, 3.8) is 0 Å². The zero-order valence-electron chi connectivity index (χ0n) is 12.4. The van der Waals surface area contributed by atoms with Crippen LogP contribution < -0.4 is 9.64 Å². The number of unbranched alkanes of at least 4 members (excludes halogenated alkanes) is 1. The molecule has 0 aliphatic carbocycles. The van der Waals surface area contributed by atoms with Crippen LogP contribution in [0.3, 0.4) is 0 Å². The fourth-order valence-electron chi connectivity index (χ4n) is 3.31. The largest absolute Gasteiger partial charge is 0.494 e. The van der Waals surface area contributed by atoms with E-state index in [9.17, 15) is 0 Å². The Labute approximate surface area is 117 Å². The van der Waals surface area contributed by atoms with Crippen LogP contribution in [0, 0.1) is 11.8 Å². The summed E-state index contributed by atoms with van der Waals surface area (Å²) in [5.74, 6) is 2.80.